The standard InChI is InChI=1S/C17H23NO2/c1-4-16(2)13-17(9-11-18,10-12-20-16)14-5-7-15(19-3)8-6-14/h5-8H,4,9-10,12-13H2,1-3H3/t16-,17-/m1/s1. The first kappa shape index (κ1) is 14.9. The van der Waals surface area contributed by atoms with E-state index in [9.17, 15) is 5.26 Å². The lowest BCUT2D eigenvalue weighted by Crippen LogP contribution is -2.45. The molecule has 0 bridgehead atoms. The quantitative estimate of drug-likeness (QED) is 0.837. The van der Waals surface area contributed by atoms with Gasteiger partial charge in [-0.15, -0.1) is 0 Å². The van der Waals surface area contributed by atoms with E-state index >= 15 is 0 Å². The maximum Gasteiger partial charge on any atom is 0.118 e. The van der Waals surface area contributed by atoms with Crippen LogP contribution in [0, 0.1) is 11.3 Å². The Kier molecular flexibility index (Phi) is 4.35. The lowest BCUT2D eigenvalue weighted by Gasteiger charge is -2.45. The van der Waals surface area contributed by atoms with Crippen molar-refractivity contribution in [1.29, 1.82) is 5.26 Å². The number of hydrogen-bond donors (Lipinski definition) is 0. The van der Waals surface area contributed by atoms with Gasteiger partial charge < -0.3 is 9.47 Å². The molecule has 2 atom stereocenters. The van der Waals surface area contributed by atoms with Crippen LogP contribution in [0.1, 0.15) is 45.1 Å². The highest BCUT2D eigenvalue weighted by Gasteiger charge is 2.43. The van der Waals surface area contributed by atoms with Crippen molar-refractivity contribution in [1.82, 2.24) is 0 Å². The first-order valence-corrected chi connectivity index (χ1v) is 7.23. The van der Waals surface area contributed by atoms with Gasteiger partial charge in [-0.1, -0.05) is 19.1 Å². The van der Waals surface area contributed by atoms with E-state index in [1.54, 1.807) is 7.11 Å². The second-order valence-electron chi connectivity index (χ2n) is 5.92. The summed E-state index contributed by atoms with van der Waals surface area (Å²) >= 11 is 0. The summed E-state index contributed by atoms with van der Waals surface area (Å²) in [6.45, 7) is 5.02. The molecule has 0 unspecified atom stereocenters. The molecule has 0 aliphatic carbocycles. The molecular formula is C17H23NO2. The zero-order valence-electron chi connectivity index (χ0n) is 12.6. The SMILES string of the molecule is CC[C@]1(C)C[C@](CC#N)(c2ccc(OC)cc2)CCO1. The predicted molar refractivity (Wildman–Crippen MR) is 78.8 cm³/mol. The molecule has 1 aromatic rings. The molecule has 0 amide bonds. The van der Waals surface area contributed by atoms with Crippen molar-refractivity contribution in [3.63, 3.8) is 0 Å². The van der Waals surface area contributed by atoms with E-state index < -0.39 is 0 Å². The van der Waals surface area contributed by atoms with Gasteiger partial charge in [0.15, 0.2) is 0 Å². The summed E-state index contributed by atoms with van der Waals surface area (Å²) in [5, 5.41) is 9.27. The summed E-state index contributed by atoms with van der Waals surface area (Å²) in [5.41, 5.74) is 1.00. The highest BCUT2D eigenvalue weighted by molar-refractivity contribution is 5.34. The summed E-state index contributed by atoms with van der Waals surface area (Å²) in [6, 6.07) is 10.5. The van der Waals surface area contributed by atoms with Crippen LogP contribution in [0.3, 0.4) is 0 Å². The van der Waals surface area contributed by atoms with Crippen LogP contribution in [-0.4, -0.2) is 19.3 Å². The van der Waals surface area contributed by atoms with Gasteiger partial charge in [-0.05, 0) is 43.9 Å². The Balaban J connectivity index is 2.35. The van der Waals surface area contributed by atoms with Gasteiger partial charge in [0.1, 0.15) is 5.75 Å². The summed E-state index contributed by atoms with van der Waals surface area (Å²) in [4.78, 5) is 0. The van der Waals surface area contributed by atoms with Crippen molar-refractivity contribution in [2.75, 3.05) is 13.7 Å². The van der Waals surface area contributed by atoms with Gasteiger partial charge in [-0.25, -0.2) is 0 Å². The molecule has 108 valence electrons. The fraction of sp³-hybridized carbons (Fsp3) is 0.588. The topological polar surface area (TPSA) is 42.2 Å². The van der Waals surface area contributed by atoms with E-state index in [4.69, 9.17) is 9.47 Å². The van der Waals surface area contributed by atoms with Crippen LogP contribution in [-0.2, 0) is 10.2 Å². The fourth-order valence-corrected chi connectivity index (χ4v) is 3.17. The number of benzene rings is 1. The second-order valence-corrected chi connectivity index (χ2v) is 5.92. The van der Waals surface area contributed by atoms with E-state index in [0.717, 1.165) is 31.6 Å². The minimum Gasteiger partial charge on any atom is -0.497 e. The molecule has 0 N–H and O–H groups in total. The molecule has 2 rings (SSSR count). The van der Waals surface area contributed by atoms with Gasteiger partial charge in [-0.3, -0.25) is 0 Å². The number of methoxy groups -OCH3 is 1. The van der Waals surface area contributed by atoms with Crippen molar-refractivity contribution >= 4 is 0 Å². The van der Waals surface area contributed by atoms with Crippen LogP contribution in [0.4, 0.5) is 0 Å². The van der Waals surface area contributed by atoms with Gasteiger partial charge in [-0.2, -0.15) is 5.26 Å². The third-order valence-corrected chi connectivity index (χ3v) is 4.61. The van der Waals surface area contributed by atoms with Crippen LogP contribution in [0.5, 0.6) is 5.75 Å². The molecule has 0 spiro atoms. The number of nitrogens with zero attached hydrogens (tertiary/aromatic N) is 1. The molecule has 3 heteroatoms. The normalized spacial score (nSPS) is 29.7. The lowest BCUT2D eigenvalue weighted by atomic mass is 9.67. The average Bonchev–Trinajstić information content (AvgIpc) is 2.48. The number of hydrogen-bond acceptors (Lipinski definition) is 3. The summed E-state index contributed by atoms with van der Waals surface area (Å²) < 4.78 is 11.2. The largest absolute Gasteiger partial charge is 0.497 e. The van der Waals surface area contributed by atoms with Crippen LogP contribution in [0.2, 0.25) is 0 Å². The van der Waals surface area contributed by atoms with E-state index in [1.165, 1.54) is 5.56 Å². The minimum absolute atomic E-state index is 0.0932. The van der Waals surface area contributed by atoms with Crippen LogP contribution in [0.25, 0.3) is 0 Å². The first-order valence-electron chi connectivity index (χ1n) is 7.23. The van der Waals surface area contributed by atoms with Gasteiger partial charge in [0, 0.05) is 18.4 Å². The van der Waals surface area contributed by atoms with Gasteiger partial charge in [0.2, 0.25) is 0 Å². The minimum atomic E-state index is -0.130. The van der Waals surface area contributed by atoms with Crippen LogP contribution < -0.4 is 4.74 Å². The van der Waals surface area contributed by atoms with E-state index in [-0.39, 0.29) is 11.0 Å². The van der Waals surface area contributed by atoms with Gasteiger partial charge in [0.25, 0.3) is 0 Å². The smallest absolute Gasteiger partial charge is 0.118 e. The summed E-state index contributed by atoms with van der Waals surface area (Å²) in [5.74, 6) is 0.853. The Morgan fingerprint density at radius 2 is 2.05 bits per heavy atom. The molecule has 0 radical (unpaired) electrons. The van der Waals surface area contributed by atoms with Crippen LogP contribution >= 0.6 is 0 Å². The lowest BCUT2D eigenvalue weighted by molar-refractivity contribution is -0.0957. The zero-order valence-corrected chi connectivity index (χ0v) is 12.6. The molecule has 3 nitrogen and oxygen atoms in total. The molecule has 1 heterocycles. The average molecular weight is 273 g/mol. The maximum absolute atomic E-state index is 9.27. The summed E-state index contributed by atoms with van der Waals surface area (Å²) in [7, 11) is 1.67. The highest BCUT2D eigenvalue weighted by atomic mass is 16.5. The number of nitriles is 1. The van der Waals surface area contributed by atoms with Crippen LogP contribution in [0.15, 0.2) is 24.3 Å². The van der Waals surface area contributed by atoms with Crippen molar-refractivity contribution < 1.29 is 9.47 Å². The number of ether oxygens (including phenoxy) is 2. The first-order chi connectivity index (χ1) is 9.57. The van der Waals surface area contributed by atoms with E-state index in [0.29, 0.717) is 6.42 Å². The molecule has 1 aliphatic rings. The highest BCUT2D eigenvalue weighted by Crippen LogP contribution is 2.45. The Labute approximate surface area is 121 Å². The summed E-state index contributed by atoms with van der Waals surface area (Å²) in [6.07, 6.45) is 3.31. The van der Waals surface area contributed by atoms with Crippen molar-refractivity contribution in [2.24, 2.45) is 0 Å². The third-order valence-electron chi connectivity index (χ3n) is 4.61. The van der Waals surface area contributed by atoms with Gasteiger partial charge in [0.05, 0.1) is 18.8 Å². The predicted octanol–water partition coefficient (Wildman–Crippen LogP) is 3.83. The Morgan fingerprint density at radius 1 is 1.35 bits per heavy atom. The van der Waals surface area contributed by atoms with Crippen molar-refractivity contribution in [3.05, 3.63) is 29.8 Å². The molecule has 0 aromatic heterocycles. The van der Waals surface area contributed by atoms with Crippen molar-refractivity contribution in [2.45, 2.75) is 50.5 Å². The van der Waals surface area contributed by atoms with E-state index in [2.05, 4.69) is 32.0 Å². The molecule has 1 aromatic carbocycles. The Bertz CT molecular complexity index is 491. The molecule has 1 fully saturated rings. The second kappa shape index (κ2) is 5.85. The molecule has 0 saturated carbocycles. The molecular weight excluding hydrogens is 250 g/mol. The van der Waals surface area contributed by atoms with Crippen molar-refractivity contribution in [3.8, 4) is 11.8 Å². The number of rotatable bonds is 4. The zero-order chi connectivity index (χ0) is 14.6. The molecule has 1 aliphatic heterocycles. The Hall–Kier alpha value is -1.53. The third kappa shape index (κ3) is 2.81. The Morgan fingerprint density at radius 3 is 2.60 bits per heavy atom. The van der Waals surface area contributed by atoms with E-state index in [1.807, 2.05) is 12.1 Å². The molecule has 20 heavy (non-hydrogen) atoms. The maximum atomic E-state index is 9.27. The monoisotopic (exact) mass is 273 g/mol. The fourth-order valence-electron chi connectivity index (χ4n) is 3.17. The molecule has 1 saturated heterocycles. The van der Waals surface area contributed by atoms with Gasteiger partial charge >= 0.3 is 0 Å².